The van der Waals surface area contributed by atoms with Crippen molar-refractivity contribution in [1.29, 1.82) is 0 Å². The highest BCUT2D eigenvalue weighted by Gasteiger charge is 2.29. The lowest BCUT2D eigenvalue weighted by Gasteiger charge is -2.36. The van der Waals surface area contributed by atoms with E-state index in [1.165, 1.54) is 22.0 Å². The lowest BCUT2D eigenvalue weighted by atomic mass is 10.1. The Balaban J connectivity index is 1.59. The molecule has 0 spiro atoms. The van der Waals surface area contributed by atoms with Crippen LogP contribution in [0, 0.1) is 24.0 Å². The first-order valence-electron chi connectivity index (χ1n) is 9.12. The molecule has 2 aromatic rings. The first-order chi connectivity index (χ1) is 12.9. The Hall–Kier alpha value is -2.74. The Morgan fingerprint density at radius 1 is 1.26 bits per heavy atom. The summed E-state index contributed by atoms with van der Waals surface area (Å²) >= 11 is 0. The molecule has 27 heavy (non-hydrogen) atoms. The van der Waals surface area contributed by atoms with E-state index in [1.54, 1.807) is 13.8 Å². The number of nitro groups is 1. The summed E-state index contributed by atoms with van der Waals surface area (Å²) < 4.78 is 1.44. The van der Waals surface area contributed by atoms with E-state index in [0.29, 0.717) is 18.8 Å². The molecule has 3 rings (SSSR count). The summed E-state index contributed by atoms with van der Waals surface area (Å²) in [6.45, 7) is 9.25. The maximum absolute atomic E-state index is 12.8. The van der Waals surface area contributed by atoms with Gasteiger partial charge in [0.15, 0.2) is 0 Å². The summed E-state index contributed by atoms with van der Waals surface area (Å²) in [5.41, 5.74) is 2.87. The van der Waals surface area contributed by atoms with Crippen molar-refractivity contribution in [1.82, 2.24) is 19.6 Å². The predicted molar refractivity (Wildman–Crippen MR) is 101 cm³/mol. The number of rotatable bonds is 5. The maximum Gasteiger partial charge on any atom is 0.309 e. The second kappa shape index (κ2) is 7.87. The molecule has 0 radical (unpaired) electrons. The van der Waals surface area contributed by atoms with Crippen LogP contribution in [0.2, 0.25) is 0 Å². The smallest absolute Gasteiger partial charge is 0.309 e. The Labute approximate surface area is 158 Å². The average molecular weight is 371 g/mol. The van der Waals surface area contributed by atoms with Gasteiger partial charge in [0, 0.05) is 32.7 Å². The fraction of sp³-hybridized carbons (Fsp3) is 0.474. The van der Waals surface area contributed by atoms with Gasteiger partial charge in [-0.2, -0.15) is 5.10 Å². The van der Waals surface area contributed by atoms with Crippen LogP contribution in [0.3, 0.4) is 0 Å². The normalized spacial score (nSPS) is 16.3. The molecule has 1 saturated heterocycles. The van der Waals surface area contributed by atoms with Crippen molar-refractivity contribution < 1.29 is 9.72 Å². The number of piperazine rings is 1. The molecule has 2 heterocycles. The first kappa shape index (κ1) is 19.0. The van der Waals surface area contributed by atoms with Crippen molar-refractivity contribution in [3.05, 3.63) is 57.4 Å². The van der Waals surface area contributed by atoms with Crippen LogP contribution in [-0.4, -0.2) is 56.6 Å². The van der Waals surface area contributed by atoms with E-state index < -0.39 is 11.0 Å². The minimum Gasteiger partial charge on any atom is -0.338 e. The number of aryl methyl sites for hydroxylation is 1. The fourth-order valence-corrected chi connectivity index (χ4v) is 3.55. The minimum atomic E-state index is -0.554. The van der Waals surface area contributed by atoms with E-state index in [-0.39, 0.29) is 11.6 Å². The lowest BCUT2D eigenvalue weighted by Crippen LogP contribution is -2.50. The molecule has 0 saturated carbocycles. The molecule has 1 fully saturated rings. The summed E-state index contributed by atoms with van der Waals surface area (Å²) in [5, 5.41) is 15.0. The largest absolute Gasteiger partial charge is 0.338 e. The quantitative estimate of drug-likeness (QED) is 0.595. The third-order valence-electron chi connectivity index (χ3n) is 5.11. The number of nitrogens with zero attached hydrogens (tertiary/aromatic N) is 5. The molecule has 1 unspecified atom stereocenters. The molecule has 1 aliphatic rings. The summed E-state index contributed by atoms with van der Waals surface area (Å²) in [6, 6.07) is 7.91. The molecular weight excluding hydrogens is 346 g/mol. The van der Waals surface area contributed by atoms with E-state index in [0.717, 1.165) is 19.6 Å². The standard InChI is InChI=1S/C19H25N5O3/c1-14-5-4-6-17(11-14)13-21-7-9-22(10-8-21)19(25)16(3)23-15(2)18(12-20-23)24(26)27/h4-6,11-12,16H,7-10,13H2,1-3H3. The van der Waals surface area contributed by atoms with Crippen LogP contribution in [0.25, 0.3) is 0 Å². The Kier molecular flexibility index (Phi) is 5.55. The molecule has 8 heteroatoms. The highest BCUT2D eigenvalue weighted by atomic mass is 16.6. The summed E-state index contributed by atoms with van der Waals surface area (Å²) in [4.78, 5) is 27.5. The zero-order valence-electron chi connectivity index (χ0n) is 16.0. The van der Waals surface area contributed by atoms with Crippen LogP contribution in [0.5, 0.6) is 0 Å². The first-order valence-corrected chi connectivity index (χ1v) is 9.12. The van der Waals surface area contributed by atoms with Crippen molar-refractivity contribution in [2.75, 3.05) is 26.2 Å². The van der Waals surface area contributed by atoms with Crippen molar-refractivity contribution in [3.63, 3.8) is 0 Å². The van der Waals surface area contributed by atoms with Gasteiger partial charge in [0.1, 0.15) is 17.9 Å². The zero-order valence-corrected chi connectivity index (χ0v) is 16.0. The van der Waals surface area contributed by atoms with Gasteiger partial charge in [-0.3, -0.25) is 24.5 Å². The van der Waals surface area contributed by atoms with Gasteiger partial charge in [-0.15, -0.1) is 0 Å². The van der Waals surface area contributed by atoms with E-state index in [9.17, 15) is 14.9 Å². The monoisotopic (exact) mass is 371 g/mol. The van der Waals surface area contributed by atoms with Gasteiger partial charge in [-0.1, -0.05) is 29.8 Å². The molecule has 144 valence electrons. The van der Waals surface area contributed by atoms with Crippen LogP contribution < -0.4 is 0 Å². The molecule has 0 aliphatic carbocycles. The van der Waals surface area contributed by atoms with Gasteiger partial charge in [-0.25, -0.2) is 0 Å². The topological polar surface area (TPSA) is 84.5 Å². The van der Waals surface area contributed by atoms with Gasteiger partial charge in [0.05, 0.1) is 4.92 Å². The van der Waals surface area contributed by atoms with Crippen molar-refractivity contribution in [2.45, 2.75) is 33.4 Å². The second-order valence-electron chi connectivity index (χ2n) is 7.08. The van der Waals surface area contributed by atoms with Gasteiger partial charge >= 0.3 is 5.69 Å². The average Bonchev–Trinajstić information content (AvgIpc) is 3.03. The van der Waals surface area contributed by atoms with Gasteiger partial charge < -0.3 is 4.90 Å². The summed E-state index contributed by atoms with van der Waals surface area (Å²) in [6.07, 6.45) is 1.21. The number of hydrogen-bond donors (Lipinski definition) is 0. The number of amides is 1. The zero-order chi connectivity index (χ0) is 19.6. The SMILES string of the molecule is Cc1cccc(CN2CCN(C(=O)C(C)n3ncc([N+](=O)[O-])c3C)CC2)c1. The number of carbonyl (C=O) groups excluding carboxylic acids is 1. The third-order valence-corrected chi connectivity index (χ3v) is 5.11. The lowest BCUT2D eigenvalue weighted by molar-refractivity contribution is -0.385. The molecule has 1 aromatic heterocycles. The predicted octanol–water partition coefficient (Wildman–Crippen LogP) is 2.31. The van der Waals surface area contributed by atoms with Crippen molar-refractivity contribution in [3.8, 4) is 0 Å². The molecule has 1 aromatic carbocycles. The maximum atomic E-state index is 12.8. The molecule has 0 N–H and O–H groups in total. The second-order valence-corrected chi connectivity index (χ2v) is 7.08. The Bertz CT molecular complexity index is 840. The number of benzene rings is 1. The van der Waals surface area contributed by atoms with Crippen molar-refractivity contribution in [2.24, 2.45) is 0 Å². The fourth-order valence-electron chi connectivity index (χ4n) is 3.55. The van der Waals surface area contributed by atoms with Crippen LogP contribution in [0.15, 0.2) is 30.5 Å². The van der Waals surface area contributed by atoms with Gasteiger partial charge in [0.2, 0.25) is 5.91 Å². The molecule has 0 bridgehead atoms. The van der Waals surface area contributed by atoms with E-state index in [1.807, 2.05) is 4.90 Å². The highest BCUT2D eigenvalue weighted by Crippen LogP contribution is 2.21. The van der Waals surface area contributed by atoms with Gasteiger partial charge in [0.25, 0.3) is 0 Å². The van der Waals surface area contributed by atoms with E-state index in [4.69, 9.17) is 0 Å². The molecule has 8 nitrogen and oxygen atoms in total. The highest BCUT2D eigenvalue weighted by molar-refractivity contribution is 5.80. The summed E-state index contributed by atoms with van der Waals surface area (Å²) in [5.74, 6) is -0.0497. The molecule has 1 atom stereocenters. The van der Waals surface area contributed by atoms with Gasteiger partial charge in [-0.05, 0) is 26.3 Å². The number of aromatic nitrogens is 2. The number of carbonyl (C=O) groups is 1. The minimum absolute atomic E-state index is 0.0497. The Morgan fingerprint density at radius 3 is 2.56 bits per heavy atom. The molecule has 1 amide bonds. The van der Waals surface area contributed by atoms with Crippen LogP contribution in [0.1, 0.15) is 29.8 Å². The van der Waals surface area contributed by atoms with Crippen molar-refractivity contribution >= 4 is 11.6 Å². The molecular formula is C19H25N5O3. The molecule has 1 aliphatic heterocycles. The van der Waals surface area contributed by atoms with Crippen LogP contribution in [-0.2, 0) is 11.3 Å². The third kappa shape index (κ3) is 4.16. The van der Waals surface area contributed by atoms with Crippen LogP contribution in [0.4, 0.5) is 5.69 Å². The number of hydrogen-bond acceptors (Lipinski definition) is 5. The van der Waals surface area contributed by atoms with E-state index in [2.05, 4.69) is 41.2 Å². The summed E-state index contributed by atoms with van der Waals surface area (Å²) in [7, 11) is 0. The van der Waals surface area contributed by atoms with Crippen LogP contribution >= 0.6 is 0 Å². The van der Waals surface area contributed by atoms with E-state index >= 15 is 0 Å². The Morgan fingerprint density at radius 2 is 1.96 bits per heavy atom.